The zero-order valence-electron chi connectivity index (χ0n) is 12.9. The molecule has 1 N–H and O–H groups in total. The Hall–Kier alpha value is -1.71. The van der Waals surface area contributed by atoms with Crippen molar-refractivity contribution in [3.63, 3.8) is 0 Å². The van der Waals surface area contributed by atoms with Gasteiger partial charge in [0.1, 0.15) is 0 Å². The van der Waals surface area contributed by atoms with Crippen LogP contribution in [0.1, 0.15) is 17.5 Å². The molecule has 1 aromatic rings. The van der Waals surface area contributed by atoms with Crippen molar-refractivity contribution in [2.24, 2.45) is 5.92 Å². The SMILES string of the molecule is Cc1ccc(N2CCC(CNC(=O)N(C)C)C2)cc1C. The Bertz CT molecular complexity index is 485. The second-order valence-electron chi connectivity index (χ2n) is 5.95. The molecule has 110 valence electrons. The molecular formula is C16H25N3O. The van der Waals surface area contributed by atoms with Crippen LogP contribution in [-0.4, -0.2) is 44.7 Å². The number of aryl methyl sites for hydroxylation is 2. The van der Waals surface area contributed by atoms with Crippen molar-refractivity contribution >= 4 is 11.7 Å². The first-order chi connectivity index (χ1) is 9.47. The number of carbonyl (C=O) groups excluding carboxylic acids is 1. The number of carbonyl (C=O) groups is 1. The van der Waals surface area contributed by atoms with Gasteiger partial charge in [-0.25, -0.2) is 4.79 Å². The zero-order valence-corrected chi connectivity index (χ0v) is 12.9. The van der Waals surface area contributed by atoms with Crippen LogP contribution in [-0.2, 0) is 0 Å². The van der Waals surface area contributed by atoms with Crippen LogP contribution in [0, 0.1) is 19.8 Å². The van der Waals surface area contributed by atoms with E-state index < -0.39 is 0 Å². The fourth-order valence-corrected chi connectivity index (χ4v) is 2.55. The molecule has 1 aromatic carbocycles. The number of anilines is 1. The molecule has 1 aliphatic rings. The van der Waals surface area contributed by atoms with E-state index in [1.165, 1.54) is 16.8 Å². The van der Waals surface area contributed by atoms with E-state index in [-0.39, 0.29) is 6.03 Å². The topological polar surface area (TPSA) is 35.6 Å². The number of hydrogen-bond acceptors (Lipinski definition) is 2. The summed E-state index contributed by atoms with van der Waals surface area (Å²) in [5.41, 5.74) is 3.98. The van der Waals surface area contributed by atoms with E-state index in [1.54, 1.807) is 19.0 Å². The van der Waals surface area contributed by atoms with E-state index in [1.807, 2.05) is 0 Å². The molecule has 1 fully saturated rings. The van der Waals surface area contributed by atoms with Gasteiger partial charge >= 0.3 is 6.03 Å². The van der Waals surface area contributed by atoms with Crippen molar-refractivity contribution in [1.82, 2.24) is 10.2 Å². The molecule has 0 radical (unpaired) electrons. The van der Waals surface area contributed by atoms with Gasteiger partial charge in [0, 0.05) is 39.4 Å². The number of amides is 2. The fourth-order valence-electron chi connectivity index (χ4n) is 2.55. The molecule has 4 heteroatoms. The standard InChI is InChI=1S/C16H25N3O/c1-12-5-6-15(9-13(12)2)19-8-7-14(11-19)10-17-16(20)18(3)4/h5-6,9,14H,7-8,10-11H2,1-4H3,(H,17,20). The third-order valence-corrected chi connectivity index (χ3v) is 4.09. The summed E-state index contributed by atoms with van der Waals surface area (Å²) in [7, 11) is 3.54. The van der Waals surface area contributed by atoms with Crippen LogP contribution in [0.2, 0.25) is 0 Å². The third kappa shape index (κ3) is 3.44. The molecular weight excluding hydrogens is 250 g/mol. The van der Waals surface area contributed by atoms with E-state index in [0.717, 1.165) is 26.1 Å². The molecule has 0 aliphatic carbocycles. The van der Waals surface area contributed by atoms with E-state index >= 15 is 0 Å². The number of urea groups is 1. The summed E-state index contributed by atoms with van der Waals surface area (Å²) in [6, 6.07) is 6.64. The molecule has 0 bridgehead atoms. The number of nitrogens with one attached hydrogen (secondary N) is 1. The van der Waals surface area contributed by atoms with Crippen molar-refractivity contribution in [3.8, 4) is 0 Å². The maximum Gasteiger partial charge on any atom is 0.316 e. The average molecular weight is 275 g/mol. The van der Waals surface area contributed by atoms with Crippen molar-refractivity contribution in [1.29, 1.82) is 0 Å². The molecule has 1 heterocycles. The largest absolute Gasteiger partial charge is 0.371 e. The van der Waals surface area contributed by atoms with Gasteiger partial charge in [-0.1, -0.05) is 6.07 Å². The van der Waals surface area contributed by atoms with Gasteiger partial charge in [-0.2, -0.15) is 0 Å². The molecule has 1 unspecified atom stereocenters. The van der Waals surface area contributed by atoms with Gasteiger partial charge in [-0.3, -0.25) is 0 Å². The molecule has 2 amide bonds. The predicted octanol–water partition coefficient (Wildman–Crippen LogP) is 2.40. The first-order valence-electron chi connectivity index (χ1n) is 7.24. The van der Waals surface area contributed by atoms with Gasteiger partial charge < -0.3 is 15.1 Å². The molecule has 1 saturated heterocycles. The van der Waals surface area contributed by atoms with E-state index in [2.05, 4.69) is 42.3 Å². The lowest BCUT2D eigenvalue weighted by Gasteiger charge is -2.20. The summed E-state index contributed by atoms with van der Waals surface area (Å²) < 4.78 is 0. The molecule has 2 rings (SSSR count). The Kier molecular flexibility index (Phi) is 4.53. The lowest BCUT2D eigenvalue weighted by Crippen LogP contribution is -2.38. The first kappa shape index (κ1) is 14.7. The molecule has 0 saturated carbocycles. The van der Waals surface area contributed by atoms with Crippen molar-refractivity contribution in [3.05, 3.63) is 29.3 Å². The third-order valence-electron chi connectivity index (χ3n) is 4.09. The Balaban J connectivity index is 1.88. The highest BCUT2D eigenvalue weighted by Gasteiger charge is 2.23. The summed E-state index contributed by atoms with van der Waals surface area (Å²) in [5.74, 6) is 0.542. The van der Waals surface area contributed by atoms with Crippen molar-refractivity contribution in [2.45, 2.75) is 20.3 Å². The smallest absolute Gasteiger partial charge is 0.316 e. The number of rotatable bonds is 3. The number of nitrogens with zero attached hydrogens (tertiary/aromatic N) is 2. The Morgan fingerprint density at radius 2 is 2.10 bits per heavy atom. The minimum atomic E-state index is -0.00497. The lowest BCUT2D eigenvalue weighted by atomic mass is 10.1. The molecule has 1 aliphatic heterocycles. The van der Waals surface area contributed by atoms with Gasteiger partial charge in [0.05, 0.1) is 0 Å². The van der Waals surface area contributed by atoms with Crippen LogP contribution in [0.5, 0.6) is 0 Å². The quantitative estimate of drug-likeness (QED) is 0.919. The molecule has 4 nitrogen and oxygen atoms in total. The molecule has 0 aromatic heterocycles. The highest BCUT2D eigenvalue weighted by molar-refractivity contribution is 5.73. The lowest BCUT2D eigenvalue weighted by molar-refractivity contribution is 0.216. The van der Waals surface area contributed by atoms with Gasteiger partial charge in [0.25, 0.3) is 0 Å². The van der Waals surface area contributed by atoms with E-state index in [4.69, 9.17) is 0 Å². The van der Waals surface area contributed by atoms with E-state index in [9.17, 15) is 4.79 Å². The maximum absolute atomic E-state index is 11.5. The van der Waals surface area contributed by atoms with Crippen LogP contribution in [0.3, 0.4) is 0 Å². The Morgan fingerprint density at radius 3 is 2.75 bits per heavy atom. The predicted molar refractivity (Wildman–Crippen MR) is 83.3 cm³/mol. The fraction of sp³-hybridized carbons (Fsp3) is 0.562. The van der Waals surface area contributed by atoms with Crippen molar-refractivity contribution < 1.29 is 4.79 Å². The highest BCUT2D eigenvalue weighted by Crippen LogP contribution is 2.25. The molecule has 0 spiro atoms. The summed E-state index contributed by atoms with van der Waals surface area (Å²) in [6.45, 7) is 7.16. The van der Waals surface area contributed by atoms with Crippen LogP contribution in [0.25, 0.3) is 0 Å². The first-order valence-corrected chi connectivity index (χ1v) is 7.24. The second-order valence-corrected chi connectivity index (χ2v) is 5.95. The zero-order chi connectivity index (χ0) is 14.7. The van der Waals surface area contributed by atoms with Gasteiger partial charge in [-0.15, -0.1) is 0 Å². The minimum Gasteiger partial charge on any atom is -0.371 e. The monoisotopic (exact) mass is 275 g/mol. The van der Waals surface area contributed by atoms with Crippen molar-refractivity contribution in [2.75, 3.05) is 38.6 Å². The average Bonchev–Trinajstić information content (AvgIpc) is 2.87. The summed E-state index contributed by atoms with van der Waals surface area (Å²) in [4.78, 5) is 15.5. The Morgan fingerprint density at radius 1 is 1.35 bits per heavy atom. The van der Waals surface area contributed by atoms with Gasteiger partial charge in [0.2, 0.25) is 0 Å². The number of hydrogen-bond donors (Lipinski definition) is 1. The van der Waals surface area contributed by atoms with Gasteiger partial charge in [0.15, 0.2) is 0 Å². The minimum absolute atomic E-state index is 0.00497. The van der Waals surface area contributed by atoms with Crippen LogP contribution in [0.4, 0.5) is 10.5 Å². The second kappa shape index (κ2) is 6.16. The maximum atomic E-state index is 11.5. The van der Waals surface area contributed by atoms with Crippen LogP contribution in [0.15, 0.2) is 18.2 Å². The molecule has 1 atom stereocenters. The highest BCUT2D eigenvalue weighted by atomic mass is 16.2. The van der Waals surface area contributed by atoms with Crippen LogP contribution < -0.4 is 10.2 Å². The number of benzene rings is 1. The van der Waals surface area contributed by atoms with E-state index in [0.29, 0.717) is 5.92 Å². The molecule has 20 heavy (non-hydrogen) atoms. The van der Waals surface area contributed by atoms with Crippen LogP contribution >= 0.6 is 0 Å². The Labute approximate surface area is 121 Å². The summed E-state index contributed by atoms with van der Waals surface area (Å²) in [5, 5.41) is 2.98. The summed E-state index contributed by atoms with van der Waals surface area (Å²) >= 11 is 0. The van der Waals surface area contributed by atoms with Gasteiger partial charge in [-0.05, 0) is 49.4 Å². The summed E-state index contributed by atoms with van der Waals surface area (Å²) in [6.07, 6.45) is 1.14. The normalized spacial score (nSPS) is 18.2.